The minimum Gasteiger partial charge on any atom is -0.352 e. The number of hydrogen-bond donors (Lipinski definition) is 0. The van der Waals surface area contributed by atoms with Crippen LogP contribution in [0.4, 0.5) is 5.82 Å². The van der Waals surface area contributed by atoms with E-state index in [9.17, 15) is 4.79 Å². The fourth-order valence-electron chi connectivity index (χ4n) is 3.25. The molecule has 4 rings (SSSR count). The number of hydrogen-bond acceptors (Lipinski definition) is 5. The highest BCUT2D eigenvalue weighted by Crippen LogP contribution is 2.29. The van der Waals surface area contributed by atoms with E-state index in [1.165, 1.54) is 6.42 Å². The summed E-state index contributed by atoms with van der Waals surface area (Å²) in [6, 6.07) is 0. The molecule has 1 amide bonds. The van der Waals surface area contributed by atoms with Gasteiger partial charge in [0.2, 0.25) is 5.91 Å². The summed E-state index contributed by atoms with van der Waals surface area (Å²) in [5.74, 6) is 1.56. The van der Waals surface area contributed by atoms with E-state index in [-0.39, 0.29) is 5.92 Å². The van der Waals surface area contributed by atoms with Crippen molar-refractivity contribution in [2.45, 2.75) is 19.3 Å². The number of anilines is 1. The van der Waals surface area contributed by atoms with Crippen LogP contribution >= 0.6 is 0 Å². The molecule has 2 aliphatic rings. The fourth-order valence-corrected chi connectivity index (χ4v) is 3.25. The predicted molar refractivity (Wildman–Crippen MR) is 82.4 cm³/mol. The van der Waals surface area contributed by atoms with Gasteiger partial charge in [-0.25, -0.2) is 9.97 Å². The molecule has 7 nitrogen and oxygen atoms in total. The average Bonchev–Trinajstić information content (AvgIpc) is 2.87. The van der Waals surface area contributed by atoms with E-state index in [2.05, 4.69) is 20.0 Å². The normalized spacial score (nSPS) is 19.5. The minimum absolute atomic E-state index is 0.288. The molecule has 2 aromatic heterocycles. The summed E-state index contributed by atoms with van der Waals surface area (Å²) in [6.07, 6.45) is 6.75. The van der Waals surface area contributed by atoms with Crippen molar-refractivity contribution in [1.29, 1.82) is 0 Å². The van der Waals surface area contributed by atoms with Crippen molar-refractivity contribution in [1.82, 2.24) is 24.6 Å². The van der Waals surface area contributed by atoms with Crippen molar-refractivity contribution >= 4 is 22.8 Å². The number of rotatable bonds is 2. The molecule has 1 saturated heterocycles. The van der Waals surface area contributed by atoms with Gasteiger partial charge >= 0.3 is 0 Å². The van der Waals surface area contributed by atoms with E-state index in [4.69, 9.17) is 0 Å². The third kappa shape index (κ3) is 2.12. The minimum atomic E-state index is 0.288. The maximum Gasteiger partial charge on any atom is 0.225 e. The van der Waals surface area contributed by atoms with Gasteiger partial charge in [0, 0.05) is 39.1 Å². The smallest absolute Gasteiger partial charge is 0.225 e. The van der Waals surface area contributed by atoms with Gasteiger partial charge in [0.15, 0.2) is 5.65 Å². The maximum atomic E-state index is 12.3. The van der Waals surface area contributed by atoms with Crippen LogP contribution in [-0.2, 0) is 11.8 Å². The number of aromatic nitrogens is 4. The molecule has 0 unspecified atom stereocenters. The molecule has 7 heteroatoms. The molecule has 0 N–H and O–H groups in total. The molecule has 116 valence electrons. The third-order valence-electron chi connectivity index (χ3n) is 4.85. The zero-order valence-corrected chi connectivity index (χ0v) is 12.8. The van der Waals surface area contributed by atoms with Crippen molar-refractivity contribution in [3.8, 4) is 0 Å². The van der Waals surface area contributed by atoms with Crippen LogP contribution < -0.4 is 4.90 Å². The van der Waals surface area contributed by atoms with Crippen molar-refractivity contribution in [2.75, 3.05) is 31.1 Å². The van der Waals surface area contributed by atoms with Gasteiger partial charge in [-0.2, -0.15) is 5.10 Å². The van der Waals surface area contributed by atoms with E-state index in [1.54, 1.807) is 11.0 Å². The van der Waals surface area contributed by atoms with Gasteiger partial charge in [-0.15, -0.1) is 0 Å². The molecule has 0 spiro atoms. The lowest BCUT2D eigenvalue weighted by Crippen LogP contribution is -2.51. The molecule has 0 atom stereocenters. The quantitative estimate of drug-likeness (QED) is 0.821. The maximum absolute atomic E-state index is 12.3. The summed E-state index contributed by atoms with van der Waals surface area (Å²) in [5.41, 5.74) is 0.845. The largest absolute Gasteiger partial charge is 0.352 e. The lowest BCUT2D eigenvalue weighted by Gasteiger charge is -2.38. The highest BCUT2D eigenvalue weighted by molar-refractivity contribution is 5.87. The number of aryl methyl sites for hydroxylation is 1. The Balaban J connectivity index is 1.49. The van der Waals surface area contributed by atoms with E-state index in [0.29, 0.717) is 5.91 Å². The molecule has 2 aromatic rings. The molecular formula is C15H20N6O. The van der Waals surface area contributed by atoms with E-state index in [1.807, 2.05) is 18.1 Å². The molecule has 22 heavy (non-hydrogen) atoms. The summed E-state index contributed by atoms with van der Waals surface area (Å²) in [4.78, 5) is 25.3. The SMILES string of the molecule is Cn1ncc2c(N3CCN(C(=O)C4CCC4)CC3)ncnc21. The first-order valence-corrected chi connectivity index (χ1v) is 7.90. The Hall–Kier alpha value is -2.18. The number of fused-ring (bicyclic) bond motifs is 1. The predicted octanol–water partition coefficient (Wildman–Crippen LogP) is 0.812. The second kappa shape index (κ2) is 5.23. The van der Waals surface area contributed by atoms with Crippen LogP contribution in [0.15, 0.2) is 12.5 Å². The van der Waals surface area contributed by atoms with Gasteiger partial charge in [0.1, 0.15) is 12.1 Å². The van der Waals surface area contributed by atoms with Crippen LogP contribution in [0.3, 0.4) is 0 Å². The summed E-state index contributed by atoms with van der Waals surface area (Å²) in [7, 11) is 1.88. The Bertz CT molecular complexity index is 699. The standard InChI is InChI=1S/C15H20N6O/c1-19-13-12(9-18-19)14(17-10-16-13)20-5-7-21(8-6-20)15(22)11-3-2-4-11/h9-11H,2-8H2,1H3. The zero-order valence-electron chi connectivity index (χ0n) is 12.8. The lowest BCUT2D eigenvalue weighted by atomic mass is 9.84. The molecule has 0 aromatic carbocycles. The Morgan fingerprint density at radius 2 is 1.95 bits per heavy atom. The summed E-state index contributed by atoms with van der Waals surface area (Å²) >= 11 is 0. The van der Waals surface area contributed by atoms with Gasteiger partial charge in [0.25, 0.3) is 0 Å². The van der Waals surface area contributed by atoms with Crippen LogP contribution in [0.25, 0.3) is 11.0 Å². The molecule has 3 heterocycles. The van der Waals surface area contributed by atoms with Crippen molar-refractivity contribution in [3.05, 3.63) is 12.5 Å². The molecular weight excluding hydrogens is 280 g/mol. The second-order valence-electron chi connectivity index (χ2n) is 6.14. The fraction of sp³-hybridized carbons (Fsp3) is 0.600. The third-order valence-corrected chi connectivity index (χ3v) is 4.85. The Morgan fingerprint density at radius 3 is 2.64 bits per heavy atom. The number of carbonyl (C=O) groups is 1. The van der Waals surface area contributed by atoms with Crippen LogP contribution in [0.5, 0.6) is 0 Å². The van der Waals surface area contributed by atoms with E-state index >= 15 is 0 Å². The highest BCUT2D eigenvalue weighted by Gasteiger charge is 2.31. The molecule has 1 saturated carbocycles. The lowest BCUT2D eigenvalue weighted by molar-refractivity contribution is -0.138. The molecule has 1 aliphatic carbocycles. The molecule has 1 aliphatic heterocycles. The Kier molecular flexibility index (Phi) is 3.20. The van der Waals surface area contributed by atoms with Gasteiger partial charge < -0.3 is 9.80 Å². The summed E-state index contributed by atoms with van der Waals surface area (Å²) in [5, 5.41) is 5.23. The van der Waals surface area contributed by atoms with Crippen LogP contribution in [0, 0.1) is 5.92 Å². The average molecular weight is 300 g/mol. The number of piperazine rings is 1. The van der Waals surface area contributed by atoms with Gasteiger partial charge in [-0.3, -0.25) is 9.48 Å². The van der Waals surface area contributed by atoms with Crippen molar-refractivity contribution in [3.63, 3.8) is 0 Å². The Morgan fingerprint density at radius 1 is 1.18 bits per heavy atom. The van der Waals surface area contributed by atoms with Crippen molar-refractivity contribution in [2.24, 2.45) is 13.0 Å². The van der Waals surface area contributed by atoms with Gasteiger partial charge in [-0.1, -0.05) is 6.42 Å². The number of amides is 1. The molecule has 0 bridgehead atoms. The van der Waals surface area contributed by atoms with E-state index < -0.39 is 0 Å². The van der Waals surface area contributed by atoms with Crippen LogP contribution in [-0.4, -0.2) is 56.7 Å². The number of carbonyl (C=O) groups excluding carboxylic acids is 1. The summed E-state index contributed by atoms with van der Waals surface area (Å²) < 4.78 is 1.76. The van der Waals surface area contributed by atoms with E-state index in [0.717, 1.165) is 55.9 Å². The zero-order chi connectivity index (χ0) is 15.1. The topological polar surface area (TPSA) is 67.2 Å². The summed E-state index contributed by atoms with van der Waals surface area (Å²) in [6.45, 7) is 3.20. The van der Waals surface area contributed by atoms with Crippen LogP contribution in [0.2, 0.25) is 0 Å². The second-order valence-corrected chi connectivity index (χ2v) is 6.14. The molecule has 2 fully saturated rings. The monoisotopic (exact) mass is 300 g/mol. The number of nitrogens with zero attached hydrogens (tertiary/aromatic N) is 6. The Labute approximate surface area is 128 Å². The van der Waals surface area contributed by atoms with Crippen molar-refractivity contribution < 1.29 is 4.79 Å². The molecule has 0 radical (unpaired) electrons. The highest BCUT2D eigenvalue weighted by atomic mass is 16.2. The van der Waals surface area contributed by atoms with Gasteiger partial charge in [0.05, 0.1) is 11.6 Å². The first kappa shape index (κ1) is 13.5. The first-order valence-electron chi connectivity index (χ1n) is 7.90. The van der Waals surface area contributed by atoms with Crippen LogP contribution in [0.1, 0.15) is 19.3 Å². The van der Waals surface area contributed by atoms with Gasteiger partial charge in [-0.05, 0) is 12.8 Å². The first-order chi connectivity index (χ1) is 10.7.